The zero-order valence-corrected chi connectivity index (χ0v) is 16.9. The number of ether oxygens (including phenoxy) is 2. The molecule has 1 aliphatic heterocycles. The minimum absolute atomic E-state index is 0.195. The maximum Gasteiger partial charge on any atom is 0.319 e. The minimum Gasteiger partial charge on any atom is -0.459 e. The molecule has 26 heavy (non-hydrogen) atoms. The monoisotopic (exact) mass is 391 g/mol. The summed E-state index contributed by atoms with van der Waals surface area (Å²) in [7, 11) is -2.00. The molecule has 0 unspecified atom stereocenters. The van der Waals surface area contributed by atoms with Crippen molar-refractivity contribution in [3.8, 4) is 0 Å². The topological polar surface area (TPSA) is 99.2 Å². The molecule has 0 aromatic heterocycles. The molecule has 150 valence electrons. The average molecular weight is 391 g/mol. The van der Waals surface area contributed by atoms with Crippen molar-refractivity contribution in [1.82, 2.24) is 4.90 Å². The molecule has 1 saturated carbocycles. The Morgan fingerprint density at radius 3 is 2.38 bits per heavy atom. The van der Waals surface area contributed by atoms with Crippen molar-refractivity contribution < 1.29 is 31.7 Å². The summed E-state index contributed by atoms with van der Waals surface area (Å²) in [5, 5.41) is 0. The van der Waals surface area contributed by atoms with Crippen molar-refractivity contribution in [1.29, 1.82) is 0 Å². The molecule has 1 amide bonds. The number of hydrogen-bond donors (Lipinski definition) is 0. The highest BCUT2D eigenvalue weighted by molar-refractivity contribution is 7.86. The van der Waals surface area contributed by atoms with Crippen molar-refractivity contribution in [2.75, 3.05) is 19.9 Å². The van der Waals surface area contributed by atoms with E-state index in [1.54, 1.807) is 25.7 Å². The van der Waals surface area contributed by atoms with Crippen LogP contribution in [0.3, 0.4) is 0 Å². The third-order valence-corrected chi connectivity index (χ3v) is 5.28. The van der Waals surface area contributed by atoms with E-state index in [1.807, 2.05) is 0 Å². The highest BCUT2D eigenvalue weighted by atomic mass is 32.2. The van der Waals surface area contributed by atoms with Gasteiger partial charge in [0, 0.05) is 20.1 Å². The SMILES string of the molecule is CO[C@@H]1C[C@@H](OS(C)(=O)=O)CC[C@@H]1N1CC[C@H](C(=O)OC(C)(C)C)C1=O. The van der Waals surface area contributed by atoms with Gasteiger partial charge in [0.2, 0.25) is 5.91 Å². The zero-order valence-electron chi connectivity index (χ0n) is 16.1. The quantitative estimate of drug-likeness (QED) is 0.393. The third kappa shape index (κ3) is 5.40. The lowest BCUT2D eigenvalue weighted by atomic mass is 9.89. The highest BCUT2D eigenvalue weighted by Crippen LogP contribution is 2.33. The lowest BCUT2D eigenvalue weighted by Crippen LogP contribution is -2.51. The number of likely N-dealkylation sites (tertiary alicyclic amines) is 1. The van der Waals surface area contributed by atoms with Gasteiger partial charge in [-0.15, -0.1) is 0 Å². The van der Waals surface area contributed by atoms with Gasteiger partial charge < -0.3 is 14.4 Å². The summed E-state index contributed by atoms with van der Waals surface area (Å²) < 4.78 is 38.6. The molecule has 2 rings (SSSR count). The summed E-state index contributed by atoms with van der Waals surface area (Å²) in [6.07, 6.45) is 2.11. The molecule has 2 aliphatic rings. The number of amides is 1. The summed E-state index contributed by atoms with van der Waals surface area (Å²) in [6, 6.07) is -0.195. The van der Waals surface area contributed by atoms with Gasteiger partial charge in [-0.05, 0) is 40.0 Å². The summed E-state index contributed by atoms with van der Waals surface area (Å²) in [6.45, 7) is 5.77. The van der Waals surface area contributed by atoms with E-state index in [2.05, 4.69) is 0 Å². The lowest BCUT2D eigenvalue weighted by Gasteiger charge is -2.39. The maximum atomic E-state index is 12.7. The number of esters is 1. The first-order chi connectivity index (χ1) is 11.9. The number of methoxy groups -OCH3 is 1. The van der Waals surface area contributed by atoms with Gasteiger partial charge in [0.05, 0.1) is 24.5 Å². The second-order valence-electron chi connectivity index (χ2n) is 7.98. The fraction of sp³-hybridized carbons (Fsp3) is 0.882. The van der Waals surface area contributed by atoms with Crippen LogP contribution >= 0.6 is 0 Å². The zero-order chi connectivity index (χ0) is 19.7. The Morgan fingerprint density at radius 2 is 1.85 bits per heavy atom. The van der Waals surface area contributed by atoms with Crippen LogP contribution in [0, 0.1) is 5.92 Å². The Bertz CT molecular complexity index is 640. The first kappa shape index (κ1) is 21.1. The van der Waals surface area contributed by atoms with Gasteiger partial charge in [-0.25, -0.2) is 0 Å². The van der Waals surface area contributed by atoms with E-state index in [9.17, 15) is 18.0 Å². The van der Waals surface area contributed by atoms with Crippen molar-refractivity contribution in [2.45, 2.75) is 70.3 Å². The summed E-state index contributed by atoms with van der Waals surface area (Å²) in [5.41, 5.74) is -0.638. The van der Waals surface area contributed by atoms with Gasteiger partial charge in [-0.3, -0.25) is 13.8 Å². The van der Waals surface area contributed by atoms with E-state index >= 15 is 0 Å². The molecule has 1 saturated heterocycles. The molecule has 0 spiro atoms. The Labute approximate surface area is 155 Å². The maximum absolute atomic E-state index is 12.7. The van der Waals surface area contributed by atoms with Crippen LogP contribution in [0.2, 0.25) is 0 Å². The molecule has 1 heterocycles. The first-order valence-corrected chi connectivity index (χ1v) is 10.7. The van der Waals surface area contributed by atoms with Crippen LogP contribution in [0.15, 0.2) is 0 Å². The molecule has 0 aromatic rings. The molecule has 9 heteroatoms. The first-order valence-electron chi connectivity index (χ1n) is 8.85. The summed E-state index contributed by atoms with van der Waals surface area (Å²) >= 11 is 0. The molecule has 0 N–H and O–H groups in total. The van der Waals surface area contributed by atoms with Crippen molar-refractivity contribution in [3.05, 3.63) is 0 Å². The third-order valence-electron chi connectivity index (χ3n) is 4.65. The van der Waals surface area contributed by atoms with Gasteiger partial charge in [-0.2, -0.15) is 8.42 Å². The van der Waals surface area contributed by atoms with Crippen LogP contribution in [0.1, 0.15) is 46.5 Å². The van der Waals surface area contributed by atoms with Gasteiger partial charge >= 0.3 is 5.97 Å². The molecule has 0 bridgehead atoms. The van der Waals surface area contributed by atoms with Crippen LogP contribution in [0.4, 0.5) is 0 Å². The average Bonchev–Trinajstić information content (AvgIpc) is 2.85. The molecule has 8 nitrogen and oxygen atoms in total. The fourth-order valence-electron chi connectivity index (χ4n) is 3.64. The Kier molecular flexibility index (Phi) is 6.35. The van der Waals surface area contributed by atoms with Crippen LogP contribution in [0.5, 0.6) is 0 Å². The largest absolute Gasteiger partial charge is 0.459 e. The normalized spacial score (nSPS) is 30.5. The van der Waals surface area contributed by atoms with Crippen molar-refractivity contribution >= 4 is 22.0 Å². The van der Waals surface area contributed by atoms with E-state index in [-0.39, 0.29) is 18.1 Å². The second-order valence-corrected chi connectivity index (χ2v) is 9.58. The van der Waals surface area contributed by atoms with Crippen LogP contribution in [0.25, 0.3) is 0 Å². The van der Waals surface area contributed by atoms with E-state index in [4.69, 9.17) is 13.7 Å². The Hall–Kier alpha value is -1.19. The van der Waals surface area contributed by atoms with Crippen molar-refractivity contribution in [2.24, 2.45) is 5.92 Å². The standard InChI is InChI=1S/C17H29NO7S/c1-17(2,3)24-16(20)12-8-9-18(15(12)19)13-7-6-11(10-14(13)23-4)25-26(5,21)22/h11-14H,6-10H2,1-5H3/t11-,12-,13-,14+/m0/s1. The van der Waals surface area contributed by atoms with Crippen LogP contribution in [-0.4, -0.2) is 69.0 Å². The van der Waals surface area contributed by atoms with Gasteiger partial charge in [0.1, 0.15) is 11.5 Å². The van der Waals surface area contributed by atoms with E-state index in [1.165, 1.54) is 7.11 Å². The molecule has 1 aliphatic carbocycles. The molecule has 2 fully saturated rings. The second kappa shape index (κ2) is 7.82. The van der Waals surface area contributed by atoms with E-state index in [0.717, 1.165) is 6.26 Å². The smallest absolute Gasteiger partial charge is 0.319 e. The number of carbonyl (C=O) groups excluding carboxylic acids is 2. The summed E-state index contributed by atoms with van der Waals surface area (Å²) in [4.78, 5) is 26.7. The highest BCUT2D eigenvalue weighted by Gasteiger charge is 2.46. The van der Waals surface area contributed by atoms with E-state index in [0.29, 0.717) is 32.2 Å². The number of nitrogens with zero attached hydrogens (tertiary/aromatic N) is 1. The predicted molar refractivity (Wildman–Crippen MR) is 93.8 cm³/mol. The molecular weight excluding hydrogens is 362 g/mol. The summed E-state index contributed by atoms with van der Waals surface area (Å²) in [5.74, 6) is -1.52. The van der Waals surface area contributed by atoms with Crippen molar-refractivity contribution in [3.63, 3.8) is 0 Å². The number of hydrogen-bond acceptors (Lipinski definition) is 7. The molecular formula is C17H29NO7S. The van der Waals surface area contributed by atoms with E-state index < -0.39 is 33.7 Å². The van der Waals surface area contributed by atoms with Crippen LogP contribution < -0.4 is 0 Å². The number of rotatable bonds is 5. The molecule has 4 atom stereocenters. The Balaban J connectivity index is 2.02. The predicted octanol–water partition coefficient (Wildman–Crippen LogP) is 1.09. The number of carbonyl (C=O) groups is 2. The molecule has 0 aromatic carbocycles. The van der Waals surface area contributed by atoms with Crippen LogP contribution in [-0.2, 0) is 33.4 Å². The molecule has 0 radical (unpaired) electrons. The Morgan fingerprint density at radius 1 is 1.19 bits per heavy atom. The van der Waals surface area contributed by atoms with Gasteiger partial charge in [0.15, 0.2) is 0 Å². The van der Waals surface area contributed by atoms with Gasteiger partial charge in [-0.1, -0.05) is 0 Å². The fourth-order valence-corrected chi connectivity index (χ4v) is 4.31. The van der Waals surface area contributed by atoms with Gasteiger partial charge in [0.25, 0.3) is 10.1 Å². The lowest BCUT2D eigenvalue weighted by molar-refractivity contribution is -0.163. The minimum atomic E-state index is -3.54.